The molecule has 1 unspecified atom stereocenters. The van der Waals surface area contributed by atoms with Gasteiger partial charge < -0.3 is 10.1 Å². The Kier molecular flexibility index (Phi) is 6.58. The fraction of sp³-hybridized carbons (Fsp3) is 0.467. The Morgan fingerprint density at radius 2 is 1.95 bits per heavy atom. The lowest BCUT2D eigenvalue weighted by atomic mass is 10.0. The summed E-state index contributed by atoms with van der Waals surface area (Å²) in [7, 11) is 1.33. The van der Waals surface area contributed by atoms with Gasteiger partial charge in [-0.1, -0.05) is 26.0 Å². The summed E-state index contributed by atoms with van der Waals surface area (Å²) in [6.07, 6.45) is 2.47. The van der Waals surface area contributed by atoms with Gasteiger partial charge in [-0.2, -0.15) is 0 Å². The van der Waals surface area contributed by atoms with E-state index < -0.39 is 12.0 Å². The molecule has 1 atom stereocenters. The van der Waals surface area contributed by atoms with E-state index in [9.17, 15) is 9.59 Å². The van der Waals surface area contributed by atoms with Gasteiger partial charge in [-0.15, -0.1) is 11.8 Å². The highest BCUT2D eigenvalue weighted by Gasteiger charge is 2.23. The largest absolute Gasteiger partial charge is 0.467 e. The number of hydrogen-bond donors (Lipinski definition) is 1. The second-order valence-corrected chi connectivity index (χ2v) is 5.73. The second kappa shape index (κ2) is 7.94. The average Bonchev–Trinajstić information content (AvgIpc) is 2.45. The zero-order valence-electron chi connectivity index (χ0n) is 12.3. The van der Waals surface area contributed by atoms with Crippen molar-refractivity contribution in [3.63, 3.8) is 0 Å². The van der Waals surface area contributed by atoms with E-state index >= 15 is 0 Å². The van der Waals surface area contributed by atoms with Gasteiger partial charge in [0.1, 0.15) is 6.04 Å². The summed E-state index contributed by atoms with van der Waals surface area (Å²) in [6, 6.07) is 6.72. The Morgan fingerprint density at radius 3 is 2.50 bits per heavy atom. The lowest BCUT2D eigenvalue weighted by Gasteiger charge is -2.19. The molecule has 0 radical (unpaired) electrons. The number of esters is 1. The van der Waals surface area contributed by atoms with Crippen LogP contribution in [0.1, 0.15) is 30.6 Å². The van der Waals surface area contributed by atoms with Crippen molar-refractivity contribution in [2.75, 3.05) is 13.4 Å². The van der Waals surface area contributed by atoms with Crippen LogP contribution in [0.5, 0.6) is 0 Å². The molecule has 0 aliphatic rings. The number of carbonyl (C=O) groups excluding carboxylic acids is 2. The van der Waals surface area contributed by atoms with Crippen LogP contribution in [0.2, 0.25) is 0 Å². The normalized spacial score (nSPS) is 12.1. The van der Waals surface area contributed by atoms with Gasteiger partial charge in [0, 0.05) is 4.90 Å². The summed E-state index contributed by atoms with van der Waals surface area (Å²) in [5, 5.41) is 2.76. The summed E-state index contributed by atoms with van der Waals surface area (Å²) in [4.78, 5) is 24.9. The molecule has 5 heteroatoms. The lowest BCUT2D eigenvalue weighted by molar-refractivity contribution is -0.143. The first-order valence-electron chi connectivity index (χ1n) is 6.51. The minimum absolute atomic E-state index is 0.244. The van der Waals surface area contributed by atoms with Crippen LogP contribution in [0.25, 0.3) is 0 Å². The molecule has 1 rings (SSSR count). The SMILES string of the molecule is COC(=O)C(CC(C)C)NC(=O)c1ccccc1SC. The Bertz CT molecular complexity index is 474. The Balaban J connectivity index is 2.87. The summed E-state index contributed by atoms with van der Waals surface area (Å²) in [5.41, 5.74) is 0.581. The van der Waals surface area contributed by atoms with Crippen LogP contribution in [0.15, 0.2) is 29.2 Å². The molecule has 0 aliphatic heterocycles. The summed E-state index contributed by atoms with van der Waals surface area (Å²) in [5.74, 6) is -0.366. The van der Waals surface area contributed by atoms with Crippen molar-refractivity contribution in [3.8, 4) is 0 Å². The maximum Gasteiger partial charge on any atom is 0.328 e. The third kappa shape index (κ3) is 4.56. The number of benzene rings is 1. The maximum absolute atomic E-state index is 12.3. The number of rotatable bonds is 6. The van der Waals surface area contributed by atoms with Crippen LogP contribution in [-0.4, -0.2) is 31.3 Å². The minimum Gasteiger partial charge on any atom is -0.467 e. The molecule has 0 fully saturated rings. The maximum atomic E-state index is 12.3. The number of hydrogen-bond acceptors (Lipinski definition) is 4. The molecule has 0 saturated carbocycles. The van der Waals surface area contributed by atoms with Crippen molar-refractivity contribution >= 4 is 23.6 Å². The monoisotopic (exact) mass is 295 g/mol. The van der Waals surface area contributed by atoms with Crippen molar-refractivity contribution < 1.29 is 14.3 Å². The van der Waals surface area contributed by atoms with E-state index in [2.05, 4.69) is 5.32 Å². The van der Waals surface area contributed by atoms with E-state index in [4.69, 9.17) is 4.74 Å². The zero-order valence-corrected chi connectivity index (χ0v) is 13.1. The van der Waals surface area contributed by atoms with Crippen molar-refractivity contribution in [3.05, 3.63) is 29.8 Å². The molecule has 1 aromatic rings. The van der Waals surface area contributed by atoms with E-state index in [1.807, 2.05) is 38.3 Å². The Hall–Kier alpha value is -1.49. The number of carbonyl (C=O) groups is 2. The molecule has 110 valence electrons. The van der Waals surface area contributed by atoms with Crippen LogP contribution >= 0.6 is 11.8 Å². The van der Waals surface area contributed by atoms with E-state index in [1.54, 1.807) is 6.07 Å². The minimum atomic E-state index is -0.609. The van der Waals surface area contributed by atoms with Gasteiger partial charge in [-0.25, -0.2) is 4.79 Å². The molecule has 0 saturated heterocycles. The van der Waals surface area contributed by atoms with Gasteiger partial charge >= 0.3 is 5.97 Å². The second-order valence-electron chi connectivity index (χ2n) is 4.88. The first-order chi connectivity index (χ1) is 9.49. The van der Waals surface area contributed by atoms with E-state index in [1.165, 1.54) is 18.9 Å². The van der Waals surface area contributed by atoms with Crippen LogP contribution in [0.3, 0.4) is 0 Å². The van der Waals surface area contributed by atoms with Crippen molar-refractivity contribution in [2.24, 2.45) is 5.92 Å². The van der Waals surface area contributed by atoms with Crippen molar-refractivity contribution in [2.45, 2.75) is 31.2 Å². The lowest BCUT2D eigenvalue weighted by Crippen LogP contribution is -2.42. The van der Waals surface area contributed by atoms with Gasteiger partial charge in [0.15, 0.2) is 0 Å². The van der Waals surface area contributed by atoms with E-state index in [0.717, 1.165) is 4.90 Å². The van der Waals surface area contributed by atoms with Gasteiger partial charge in [-0.3, -0.25) is 4.79 Å². The summed E-state index contributed by atoms with van der Waals surface area (Å²) >= 11 is 1.50. The van der Waals surface area contributed by atoms with Gasteiger partial charge in [-0.05, 0) is 30.7 Å². The Morgan fingerprint density at radius 1 is 1.30 bits per heavy atom. The number of methoxy groups -OCH3 is 1. The van der Waals surface area contributed by atoms with E-state index in [-0.39, 0.29) is 11.8 Å². The van der Waals surface area contributed by atoms with Gasteiger partial charge in [0.25, 0.3) is 5.91 Å². The summed E-state index contributed by atoms with van der Waals surface area (Å²) < 4.78 is 4.75. The summed E-state index contributed by atoms with van der Waals surface area (Å²) in [6.45, 7) is 4.00. The first kappa shape index (κ1) is 16.6. The topological polar surface area (TPSA) is 55.4 Å². The Labute approximate surface area is 124 Å². The highest BCUT2D eigenvalue weighted by atomic mass is 32.2. The number of amides is 1. The van der Waals surface area contributed by atoms with Crippen LogP contribution in [0, 0.1) is 5.92 Å². The van der Waals surface area contributed by atoms with E-state index in [0.29, 0.717) is 12.0 Å². The molecule has 0 bridgehead atoms. The standard InChI is InChI=1S/C15H21NO3S/c1-10(2)9-12(15(18)19-3)16-14(17)11-7-5-6-8-13(11)20-4/h5-8,10,12H,9H2,1-4H3,(H,16,17). The fourth-order valence-electron chi connectivity index (χ4n) is 1.90. The van der Waals surface area contributed by atoms with Gasteiger partial charge in [0.05, 0.1) is 12.7 Å². The molecule has 20 heavy (non-hydrogen) atoms. The highest BCUT2D eigenvalue weighted by Crippen LogP contribution is 2.20. The van der Waals surface area contributed by atoms with Gasteiger partial charge in [0.2, 0.25) is 0 Å². The molecule has 1 amide bonds. The highest BCUT2D eigenvalue weighted by molar-refractivity contribution is 7.98. The predicted octanol–water partition coefficient (Wildman–Crippen LogP) is 2.73. The molecule has 1 aromatic carbocycles. The van der Waals surface area contributed by atoms with Crippen LogP contribution in [0.4, 0.5) is 0 Å². The van der Waals surface area contributed by atoms with Crippen LogP contribution in [-0.2, 0) is 9.53 Å². The first-order valence-corrected chi connectivity index (χ1v) is 7.73. The molecule has 0 aliphatic carbocycles. The predicted molar refractivity (Wildman–Crippen MR) is 80.9 cm³/mol. The average molecular weight is 295 g/mol. The third-order valence-electron chi connectivity index (χ3n) is 2.85. The van der Waals surface area contributed by atoms with Crippen LogP contribution < -0.4 is 5.32 Å². The molecular formula is C15H21NO3S. The zero-order chi connectivity index (χ0) is 15.1. The molecular weight excluding hydrogens is 274 g/mol. The molecule has 0 heterocycles. The smallest absolute Gasteiger partial charge is 0.328 e. The number of ether oxygens (including phenoxy) is 1. The number of thioether (sulfide) groups is 1. The molecule has 1 N–H and O–H groups in total. The fourth-order valence-corrected chi connectivity index (χ4v) is 2.49. The van der Waals surface area contributed by atoms with Crippen molar-refractivity contribution in [1.29, 1.82) is 0 Å². The molecule has 0 spiro atoms. The molecule has 4 nitrogen and oxygen atoms in total. The molecule has 0 aromatic heterocycles. The number of nitrogens with one attached hydrogen (secondary N) is 1. The van der Waals surface area contributed by atoms with Crippen molar-refractivity contribution in [1.82, 2.24) is 5.32 Å². The third-order valence-corrected chi connectivity index (χ3v) is 3.65. The quantitative estimate of drug-likeness (QED) is 0.647.